The zero-order valence-corrected chi connectivity index (χ0v) is 6.98. The highest BCUT2D eigenvalue weighted by Gasteiger charge is 2.28. The lowest BCUT2D eigenvalue weighted by atomic mass is 10.1. The van der Waals surface area contributed by atoms with Crippen LogP contribution in [0.1, 0.15) is 42.7 Å². The van der Waals surface area contributed by atoms with Gasteiger partial charge in [0.05, 0.1) is 10.6 Å². The largest absolute Gasteiger partial charge is 0.143 e. The van der Waals surface area contributed by atoms with Crippen molar-refractivity contribution in [2.45, 2.75) is 32.1 Å². The lowest BCUT2D eigenvalue weighted by Gasteiger charge is -1.98. The van der Waals surface area contributed by atoms with E-state index in [0.29, 0.717) is 11.8 Å². The predicted octanol–water partition coefficient (Wildman–Crippen LogP) is 2.15. The van der Waals surface area contributed by atoms with Crippen molar-refractivity contribution in [3.05, 3.63) is 10.6 Å². The first-order valence-electron chi connectivity index (χ1n) is 3.61. The Labute approximate surface area is 64.4 Å². The molecule has 2 atom stereocenters. The molecule has 1 aromatic heterocycles. The van der Waals surface area contributed by atoms with E-state index in [-0.39, 0.29) is 0 Å². The smallest absolute Gasteiger partial charge is 0.0818 e. The minimum Gasteiger partial charge on any atom is -0.143 e. The van der Waals surface area contributed by atoms with Gasteiger partial charge >= 0.3 is 0 Å². The summed E-state index contributed by atoms with van der Waals surface area (Å²) in [4.78, 5) is 1.41. The van der Waals surface area contributed by atoms with Gasteiger partial charge in [0.1, 0.15) is 0 Å². The molecule has 3 heteroatoms. The Bertz CT molecular complexity index is 221. The average molecular weight is 154 g/mol. The van der Waals surface area contributed by atoms with Crippen molar-refractivity contribution in [2.75, 3.05) is 0 Å². The first-order valence-corrected chi connectivity index (χ1v) is 4.38. The van der Waals surface area contributed by atoms with Crippen LogP contribution in [0.4, 0.5) is 0 Å². The molecular weight excluding hydrogens is 144 g/mol. The van der Waals surface area contributed by atoms with Gasteiger partial charge in [-0.25, -0.2) is 0 Å². The van der Waals surface area contributed by atoms with Crippen molar-refractivity contribution in [2.24, 2.45) is 0 Å². The average Bonchev–Trinajstić information content (AvgIpc) is 2.39. The third-order valence-corrected chi connectivity index (χ3v) is 3.13. The molecule has 2 nitrogen and oxygen atoms in total. The third kappa shape index (κ3) is 0.700. The summed E-state index contributed by atoms with van der Waals surface area (Å²) in [5, 5.41) is 4.10. The maximum atomic E-state index is 4.10. The van der Waals surface area contributed by atoms with Crippen molar-refractivity contribution in [3.8, 4) is 0 Å². The Kier molecular flexibility index (Phi) is 1.27. The van der Waals surface area contributed by atoms with E-state index in [2.05, 4.69) is 23.4 Å². The van der Waals surface area contributed by atoms with Crippen molar-refractivity contribution >= 4 is 11.5 Å². The molecular formula is C7H10N2S. The van der Waals surface area contributed by atoms with Gasteiger partial charge in [-0.15, -0.1) is 5.10 Å². The molecule has 0 aliphatic heterocycles. The minimum absolute atomic E-state index is 0.642. The molecule has 0 spiro atoms. The molecule has 0 fully saturated rings. The molecule has 1 aliphatic rings. The van der Waals surface area contributed by atoms with E-state index in [0.717, 1.165) is 0 Å². The fourth-order valence-electron chi connectivity index (χ4n) is 1.64. The summed E-state index contributed by atoms with van der Waals surface area (Å²) in [7, 11) is 0. The molecule has 0 saturated carbocycles. The Morgan fingerprint density at radius 2 is 2.20 bits per heavy atom. The second-order valence-electron chi connectivity index (χ2n) is 3.06. The standard InChI is InChI=1S/C7H10N2S/c1-4-3-5(2)7-6(4)8-9-10-7/h4-5H,3H2,1-2H3. The molecule has 54 valence electrons. The summed E-state index contributed by atoms with van der Waals surface area (Å²) < 4.78 is 3.94. The zero-order valence-electron chi connectivity index (χ0n) is 6.16. The van der Waals surface area contributed by atoms with Crippen LogP contribution in [0.5, 0.6) is 0 Å². The monoisotopic (exact) mass is 154 g/mol. The van der Waals surface area contributed by atoms with Crippen LogP contribution in [0.15, 0.2) is 0 Å². The van der Waals surface area contributed by atoms with Gasteiger partial charge in [0.25, 0.3) is 0 Å². The highest BCUT2D eigenvalue weighted by atomic mass is 32.1. The third-order valence-electron chi connectivity index (χ3n) is 2.16. The second-order valence-corrected chi connectivity index (χ2v) is 3.85. The molecule has 2 rings (SSSR count). The zero-order chi connectivity index (χ0) is 7.14. The van der Waals surface area contributed by atoms with E-state index in [4.69, 9.17) is 0 Å². The second kappa shape index (κ2) is 2.02. The predicted molar refractivity (Wildman–Crippen MR) is 41.4 cm³/mol. The SMILES string of the molecule is CC1CC(C)c2snnc21. The van der Waals surface area contributed by atoms with Crippen molar-refractivity contribution in [3.63, 3.8) is 0 Å². The van der Waals surface area contributed by atoms with Crippen LogP contribution < -0.4 is 0 Å². The van der Waals surface area contributed by atoms with Gasteiger partial charge in [0, 0.05) is 5.92 Å². The Morgan fingerprint density at radius 3 is 2.90 bits per heavy atom. The Balaban J connectivity index is 2.48. The van der Waals surface area contributed by atoms with E-state index in [1.807, 2.05) is 0 Å². The number of rotatable bonds is 0. The van der Waals surface area contributed by atoms with E-state index in [1.54, 1.807) is 11.5 Å². The van der Waals surface area contributed by atoms with E-state index < -0.39 is 0 Å². The van der Waals surface area contributed by atoms with Crippen molar-refractivity contribution < 1.29 is 0 Å². The van der Waals surface area contributed by atoms with Crippen LogP contribution >= 0.6 is 11.5 Å². The van der Waals surface area contributed by atoms with E-state index in [1.165, 1.54) is 17.0 Å². The van der Waals surface area contributed by atoms with Gasteiger partial charge in [-0.2, -0.15) is 0 Å². The van der Waals surface area contributed by atoms with Crippen LogP contribution in [0.3, 0.4) is 0 Å². The molecule has 10 heavy (non-hydrogen) atoms. The summed E-state index contributed by atoms with van der Waals surface area (Å²) in [5.41, 5.74) is 1.25. The number of nitrogens with zero attached hydrogens (tertiary/aromatic N) is 2. The first-order chi connectivity index (χ1) is 4.79. The molecule has 1 heterocycles. The first kappa shape index (κ1) is 6.28. The molecule has 0 amide bonds. The maximum Gasteiger partial charge on any atom is 0.0818 e. The summed E-state index contributed by atoms with van der Waals surface area (Å²) in [6.07, 6.45) is 1.26. The molecule has 1 aromatic rings. The van der Waals surface area contributed by atoms with E-state index >= 15 is 0 Å². The highest BCUT2D eigenvalue weighted by molar-refractivity contribution is 7.05. The quantitative estimate of drug-likeness (QED) is 0.572. The fourth-order valence-corrected chi connectivity index (χ4v) is 2.47. The molecule has 0 aromatic carbocycles. The molecule has 0 bridgehead atoms. The fraction of sp³-hybridized carbons (Fsp3) is 0.714. The number of fused-ring (bicyclic) bond motifs is 1. The summed E-state index contributed by atoms with van der Waals surface area (Å²) in [6.45, 7) is 4.48. The van der Waals surface area contributed by atoms with E-state index in [9.17, 15) is 0 Å². The van der Waals surface area contributed by atoms with Crippen LogP contribution in [0.2, 0.25) is 0 Å². The molecule has 1 aliphatic carbocycles. The van der Waals surface area contributed by atoms with Gasteiger partial charge in [-0.3, -0.25) is 0 Å². The molecule has 0 N–H and O–H groups in total. The summed E-state index contributed by atoms with van der Waals surface area (Å²) in [5.74, 6) is 1.34. The molecule has 2 unspecified atom stereocenters. The minimum atomic E-state index is 0.642. The van der Waals surface area contributed by atoms with Gasteiger partial charge in [0.2, 0.25) is 0 Å². The van der Waals surface area contributed by atoms with Gasteiger partial charge < -0.3 is 0 Å². The maximum absolute atomic E-state index is 4.10. The lowest BCUT2D eigenvalue weighted by molar-refractivity contribution is 0.651. The van der Waals surface area contributed by atoms with Gasteiger partial charge in [-0.1, -0.05) is 18.3 Å². The van der Waals surface area contributed by atoms with Crippen molar-refractivity contribution in [1.29, 1.82) is 0 Å². The topological polar surface area (TPSA) is 25.8 Å². The highest BCUT2D eigenvalue weighted by Crippen LogP contribution is 2.41. The number of hydrogen-bond acceptors (Lipinski definition) is 3. The van der Waals surface area contributed by atoms with Crippen molar-refractivity contribution in [1.82, 2.24) is 9.59 Å². The van der Waals surface area contributed by atoms with Crippen LogP contribution in [-0.4, -0.2) is 9.59 Å². The summed E-state index contributed by atoms with van der Waals surface area (Å²) in [6, 6.07) is 0. The molecule has 0 radical (unpaired) electrons. The normalized spacial score (nSPS) is 30.6. The van der Waals surface area contributed by atoms with Crippen LogP contribution in [0, 0.1) is 0 Å². The number of hydrogen-bond donors (Lipinski definition) is 0. The van der Waals surface area contributed by atoms with Gasteiger partial charge in [-0.05, 0) is 23.9 Å². The van der Waals surface area contributed by atoms with Crippen LogP contribution in [-0.2, 0) is 0 Å². The number of aromatic nitrogens is 2. The lowest BCUT2D eigenvalue weighted by Crippen LogP contribution is -1.87. The van der Waals surface area contributed by atoms with Crippen LogP contribution in [0.25, 0.3) is 0 Å². The Morgan fingerprint density at radius 1 is 1.40 bits per heavy atom. The summed E-state index contributed by atoms with van der Waals surface area (Å²) >= 11 is 1.56. The van der Waals surface area contributed by atoms with Gasteiger partial charge in [0.15, 0.2) is 0 Å². The Hall–Kier alpha value is -0.440. The molecule has 0 saturated heterocycles.